The lowest BCUT2D eigenvalue weighted by atomic mass is 9.56. The Morgan fingerprint density at radius 1 is 1.05 bits per heavy atom. The van der Waals surface area contributed by atoms with Crippen LogP contribution < -0.4 is 4.90 Å². The van der Waals surface area contributed by atoms with E-state index in [-0.39, 0.29) is 22.6 Å². The van der Waals surface area contributed by atoms with Crippen molar-refractivity contribution in [3.8, 4) is 11.3 Å². The zero-order chi connectivity index (χ0) is 28.4. The molecule has 0 radical (unpaired) electrons. The molecule has 1 spiro atoms. The smallest absolute Gasteiger partial charge is 0.417 e. The summed E-state index contributed by atoms with van der Waals surface area (Å²) in [5.74, 6) is 0.431. The molecule has 4 aromatic rings. The van der Waals surface area contributed by atoms with Crippen molar-refractivity contribution in [3.05, 3.63) is 77.2 Å². The van der Waals surface area contributed by atoms with E-state index in [1.54, 1.807) is 12.1 Å². The van der Waals surface area contributed by atoms with Crippen molar-refractivity contribution in [2.75, 3.05) is 18.0 Å². The highest BCUT2D eigenvalue weighted by molar-refractivity contribution is 5.90. The van der Waals surface area contributed by atoms with Crippen LogP contribution in [0.1, 0.15) is 71.8 Å². The van der Waals surface area contributed by atoms with Gasteiger partial charge in [-0.15, -0.1) is 0 Å². The molecular formula is C32H30F3N3O3. The number of anilines is 1. The minimum absolute atomic E-state index is 0.0387. The van der Waals surface area contributed by atoms with Crippen LogP contribution in [0.2, 0.25) is 0 Å². The number of benzene rings is 2. The van der Waals surface area contributed by atoms with Gasteiger partial charge < -0.3 is 14.5 Å². The Kier molecular flexibility index (Phi) is 6.10. The Labute approximate surface area is 235 Å². The van der Waals surface area contributed by atoms with Gasteiger partial charge in [-0.05, 0) is 86.6 Å². The lowest BCUT2D eigenvalue weighted by Crippen LogP contribution is -2.47. The fourth-order valence-corrected chi connectivity index (χ4v) is 7.01. The highest BCUT2D eigenvalue weighted by Crippen LogP contribution is 2.55. The molecule has 6 nitrogen and oxygen atoms in total. The molecule has 0 unspecified atom stereocenters. The molecule has 2 aromatic heterocycles. The minimum Gasteiger partial charge on any atom is -0.477 e. The summed E-state index contributed by atoms with van der Waals surface area (Å²) in [6, 6.07) is 15.0. The molecule has 2 saturated carbocycles. The largest absolute Gasteiger partial charge is 0.477 e. The second kappa shape index (κ2) is 9.60. The maximum Gasteiger partial charge on any atom is 0.417 e. The first-order valence-electron chi connectivity index (χ1n) is 14.2. The van der Waals surface area contributed by atoms with Gasteiger partial charge in [0.25, 0.3) is 0 Å². The molecule has 7 rings (SSSR count). The van der Waals surface area contributed by atoms with Gasteiger partial charge in [-0.3, -0.25) is 0 Å². The van der Waals surface area contributed by atoms with Crippen LogP contribution in [0.4, 0.5) is 18.9 Å². The van der Waals surface area contributed by atoms with Crippen LogP contribution in [0.15, 0.2) is 59.1 Å². The number of carboxylic acids is 1. The third-order valence-corrected chi connectivity index (χ3v) is 9.27. The van der Waals surface area contributed by atoms with Crippen LogP contribution in [0, 0.1) is 11.3 Å². The van der Waals surface area contributed by atoms with Crippen molar-refractivity contribution in [1.82, 2.24) is 10.1 Å². The van der Waals surface area contributed by atoms with E-state index in [0.29, 0.717) is 23.5 Å². The Hall–Kier alpha value is -3.88. The minimum atomic E-state index is -4.45. The summed E-state index contributed by atoms with van der Waals surface area (Å²) >= 11 is 0. The molecule has 3 fully saturated rings. The standard InChI is InChI=1S/C32H30F3N3O3/c33-32(34,35)25-4-2-1-3-23(25)28-24(29(41-37-28)20-5-6-20)15-19-17-31(18-19)11-13-38(14-12-31)22-8-10-26-21(16-22)7-9-27(36-26)30(39)40/h1-4,7-10,16,19-20H,5-6,11-15,17-18H2,(H,39,40). The zero-order valence-corrected chi connectivity index (χ0v) is 22.5. The van der Waals surface area contributed by atoms with Crippen LogP contribution in [0.3, 0.4) is 0 Å². The lowest BCUT2D eigenvalue weighted by molar-refractivity contribution is -0.137. The highest BCUT2D eigenvalue weighted by atomic mass is 19.4. The number of fused-ring (bicyclic) bond motifs is 1. The fourth-order valence-electron chi connectivity index (χ4n) is 7.01. The monoisotopic (exact) mass is 561 g/mol. The Bertz CT molecular complexity index is 1630. The second-order valence-electron chi connectivity index (χ2n) is 12.0. The van der Waals surface area contributed by atoms with Crippen molar-refractivity contribution >= 4 is 22.6 Å². The van der Waals surface area contributed by atoms with Gasteiger partial charge >= 0.3 is 12.1 Å². The predicted octanol–water partition coefficient (Wildman–Crippen LogP) is 7.72. The topological polar surface area (TPSA) is 79.5 Å². The molecule has 41 heavy (non-hydrogen) atoms. The van der Waals surface area contributed by atoms with Crippen LogP contribution in [-0.4, -0.2) is 34.3 Å². The molecule has 2 aliphatic carbocycles. The Morgan fingerprint density at radius 2 is 1.80 bits per heavy atom. The average Bonchev–Trinajstić information content (AvgIpc) is 3.71. The molecule has 3 aliphatic rings. The van der Waals surface area contributed by atoms with Gasteiger partial charge in [-0.2, -0.15) is 13.2 Å². The van der Waals surface area contributed by atoms with E-state index < -0.39 is 17.7 Å². The summed E-state index contributed by atoms with van der Waals surface area (Å²) in [5.41, 5.74) is 2.77. The van der Waals surface area contributed by atoms with Crippen molar-refractivity contribution in [2.45, 2.75) is 57.0 Å². The van der Waals surface area contributed by atoms with Crippen molar-refractivity contribution in [1.29, 1.82) is 0 Å². The summed E-state index contributed by atoms with van der Waals surface area (Å²) in [6.07, 6.45) is 2.52. The molecule has 1 N–H and O–H groups in total. The van der Waals surface area contributed by atoms with Gasteiger partial charge in [-0.1, -0.05) is 29.4 Å². The van der Waals surface area contributed by atoms with E-state index in [1.165, 1.54) is 18.2 Å². The van der Waals surface area contributed by atoms with Crippen molar-refractivity contribution in [3.63, 3.8) is 0 Å². The first-order chi connectivity index (χ1) is 19.7. The molecule has 9 heteroatoms. The third kappa shape index (κ3) is 4.85. The summed E-state index contributed by atoms with van der Waals surface area (Å²) in [6.45, 7) is 1.87. The molecule has 1 saturated heterocycles. The number of aromatic carboxylic acids is 1. The number of nitrogens with zero attached hydrogens (tertiary/aromatic N) is 3. The highest BCUT2D eigenvalue weighted by Gasteiger charge is 2.47. The molecule has 0 bridgehead atoms. The number of hydrogen-bond acceptors (Lipinski definition) is 5. The third-order valence-electron chi connectivity index (χ3n) is 9.27. The molecule has 3 heterocycles. The van der Waals surface area contributed by atoms with Gasteiger partial charge in [0.2, 0.25) is 0 Å². The average molecular weight is 562 g/mol. The normalized spacial score (nSPS) is 19.0. The van der Waals surface area contributed by atoms with E-state index in [4.69, 9.17) is 4.52 Å². The predicted molar refractivity (Wildman–Crippen MR) is 148 cm³/mol. The van der Waals surface area contributed by atoms with E-state index >= 15 is 0 Å². The summed E-state index contributed by atoms with van der Waals surface area (Å²) in [7, 11) is 0. The Balaban J connectivity index is 1.04. The van der Waals surface area contributed by atoms with Crippen molar-refractivity contribution in [2.24, 2.45) is 11.3 Å². The van der Waals surface area contributed by atoms with Gasteiger partial charge in [0.05, 0.1) is 11.1 Å². The van der Waals surface area contributed by atoms with Crippen LogP contribution in [-0.2, 0) is 12.6 Å². The summed E-state index contributed by atoms with van der Waals surface area (Å²) in [4.78, 5) is 17.8. The first-order valence-corrected chi connectivity index (χ1v) is 14.2. The van der Waals surface area contributed by atoms with Crippen LogP contribution in [0.25, 0.3) is 22.2 Å². The molecule has 0 amide bonds. The second-order valence-corrected chi connectivity index (χ2v) is 12.0. The maximum atomic E-state index is 13.8. The maximum absolute atomic E-state index is 13.8. The van der Waals surface area contributed by atoms with Gasteiger partial charge in [0, 0.05) is 41.2 Å². The summed E-state index contributed by atoms with van der Waals surface area (Å²) in [5, 5.41) is 14.3. The molecule has 2 aromatic carbocycles. The van der Waals surface area contributed by atoms with E-state index in [9.17, 15) is 23.1 Å². The van der Waals surface area contributed by atoms with Crippen molar-refractivity contribution < 1.29 is 27.6 Å². The quantitative estimate of drug-likeness (QED) is 0.260. The van der Waals surface area contributed by atoms with E-state index in [2.05, 4.69) is 21.1 Å². The molecule has 212 valence electrons. The Morgan fingerprint density at radius 3 is 2.51 bits per heavy atom. The number of alkyl halides is 3. The molecule has 0 atom stereocenters. The van der Waals surface area contributed by atoms with Gasteiger partial charge in [-0.25, -0.2) is 9.78 Å². The number of halogens is 3. The molecule has 1 aliphatic heterocycles. The van der Waals surface area contributed by atoms with Gasteiger partial charge in [0.15, 0.2) is 0 Å². The van der Waals surface area contributed by atoms with E-state index in [0.717, 1.165) is 80.1 Å². The lowest BCUT2D eigenvalue weighted by Gasteiger charge is -2.53. The number of carbonyl (C=O) groups is 1. The van der Waals surface area contributed by atoms with Crippen LogP contribution in [0.5, 0.6) is 0 Å². The SMILES string of the molecule is O=C(O)c1ccc2cc(N3CCC4(CC3)CC(Cc3c(-c5ccccc5C(F)(F)F)noc3C3CC3)C4)ccc2n1. The van der Waals surface area contributed by atoms with Crippen LogP contribution >= 0.6 is 0 Å². The number of hydrogen-bond donors (Lipinski definition) is 1. The number of rotatable bonds is 6. The number of pyridine rings is 1. The zero-order valence-electron chi connectivity index (χ0n) is 22.5. The number of piperidine rings is 1. The van der Waals surface area contributed by atoms with E-state index in [1.807, 2.05) is 12.1 Å². The van der Waals surface area contributed by atoms with Gasteiger partial charge in [0.1, 0.15) is 17.1 Å². The number of aromatic nitrogens is 2. The molecular weight excluding hydrogens is 531 g/mol. The number of carboxylic acid groups (broad SMARTS) is 1. The fraction of sp³-hybridized carbons (Fsp3) is 0.406. The first kappa shape index (κ1) is 26.0. The summed E-state index contributed by atoms with van der Waals surface area (Å²) < 4.78 is 47.1.